The molecule has 0 bridgehead atoms. The fraction of sp³-hybridized carbons (Fsp3) is 0.320. The van der Waals surface area contributed by atoms with E-state index in [1.54, 1.807) is 11.0 Å². The highest BCUT2D eigenvalue weighted by atomic mass is 79.9. The number of amides is 1. The molecule has 0 spiro atoms. The summed E-state index contributed by atoms with van der Waals surface area (Å²) in [5.41, 5.74) is 0. The number of carbonyl (C=O) groups excluding carboxylic acids is 1. The molecule has 34 heavy (non-hydrogen) atoms. The Bertz CT molecular complexity index is 1100. The van der Waals surface area contributed by atoms with Gasteiger partial charge in [0.15, 0.2) is 4.73 Å². The number of rotatable bonds is 6. The van der Waals surface area contributed by atoms with Gasteiger partial charge in [-0.05, 0) is 54.2 Å². The first-order chi connectivity index (χ1) is 16.1. The third kappa shape index (κ3) is 4.71. The molecule has 1 amide bonds. The molecule has 0 saturated carbocycles. The third-order valence-electron chi connectivity index (χ3n) is 6.15. The molecule has 1 aliphatic rings. The molecule has 0 radical (unpaired) electrons. The summed E-state index contributed by atoms with van der Waals surface area (Å²) in [6.45, 7) is 8.89. The van der Waals surface area contributed by atoms with Gasteiger partial charge >= 0.3 is 6.09 Å². The van der Waals surface area contributed by atoms with Crippen molar-refractivity contribution >= 4 is 62.5 Å². The second-order valence-corrected chi connectivity index (χ2v) is 15.1. The standard InChI is InChI=1S/C25H27Br2N3O3Si/c1-17-20(30(24(31)33-17)22-15-21(26)28-23(27)29-22)16-32-34(25(2,3)4,18-11-7-5-8-12-18)19-13-9-6-10-14-19/h5-15,17,20H,16H2,1-4H3/t17-,20+/m1/s1. The van der Waals surface area contributed by atoms with Crippen LogP contribution in [0.4, 0.5) is 10.6 Å². The first kappa shape index (κ1) is 25.0. The maximum Gasteiger partial charge on any atom is 0.416 e. The molecule has 1 aromatic heterocycles. The monoisotopic (exact) mass is 603 g/mol. The van der Waals surface area contributed by atoms with Gasteiger partial charge in [-0.25, -0.2) is 14.8 Å². The lowest BCUT2D eigenvalue weighted by Crippen LogP contribution is -2.67. The van der Waals surface area contributed by atoms with E-state index in [1.165, 1.54) is 10.4 Å². The highest BCUT2D eigenvalue weighted by Gasteiger charge is 2.52. The number of anilines is 1. The van der Waals surface area contributed by atoms with Crippen LogP contribution in [0.5, 0.6) is 0 Å². The van der Waals surface area contributed by atoms with Gasteiger partial charge in [0.2, 0.25) is 0 Å². The number of ether oxygens (including phenoxy) is 1. The number of hydrogen-bond donors (Lipinski definition) is 0. The highest BCUT2D eigenvalue weighted by Crippen LogP contribution is 2.38. The molecule has 9 heteroatoms. The van der Waals surface area contributed by atoms with E-state index in [-0.39, 0.29) is 17.2 Å². The second kappa shape index (κ2) is 9.89. The first-order valence-electron chi connectivity index (χ1n) is 11.1. The van der Waals surface area contributed by atoms with Gasteiger partial charge in [-0.3, -0.25) is 4.90 Å². The van der Waals surface area contributed by atoms with Crippen LogP contribution in [-0.2, 0) is 9.16 Å². The number of hydrogen-bond acceptors (Lipinski definition) is 5. The smallest absolute Gasteiger partial charge is 0.416 e. The summed E-state index contributed by atoms with van der Waals surface area (Å²) >= 11 is 6.71. The Morgan fingerprint density at radius 3 is 2.06 bits per heavy atom. The van der Waals surface area contributed by atoms with Gasteiger partial charge < -0.3 is 9.16 Å². The van der Waals surface area contributed by atoms with E-state index in [9.17, 15) is 4.79 Å². The van der Waals surface area contributed by atoms with Gasteiger partial charge in [-0.15, -0.1) is 0 Å². The molecule has 0 aliphatic carbocycles. The van der Waals surface area contributed by atoms with Crippen molar-refractivity contribution in [1.29, 1.82) is 0 Å². The van der Waals surface area contributed by atoms with Crippen molar-refractivity contribution in [2.45, 2.75) is 44.9 Å². The van der Waals surface area contributed by atoms with Crippen LogP contribution >= 0.6 is 31.9 Å². The summed E-state index contributed by atoms with van der Waals surface area (Å²) in [6.07, 6.45) is -0.806. The Morgan fingerprint density at radius 2 is 1.56 bits per heavy atom. The zero-order valence-corrected chi connectivity index (χ0v) is 23.7. The fourth-order valence-corrected chi connectivity index (χ4v) is 10.1. The van der Waals surface area contributed by atoms with E-state index < -0.39 is 14.4 Å². The molecule has 178 valence electrons. The lowest BCUT2D eigenvalue weighted by molar-refractivity contribution is 0.131. The first-order valence-corrected chi connectivity index (χ1v) is 14.6. The van der Waals surface area contributed by atoms with Crippen molar-refractivity contribution in [2.24, 2.45) is 0 Å². The molecule has 2 atom stereocenters. The lowest BCUT2D eigenvalue weighted by Gasteiger charge is -2.44. The van der Waals surface area contributed by atoms with E-state index in [4.69, 9.17) is 9.16 Å². The predicted molar refractivity (Wildman–Crippen MR) is 143 cm³/mol. The summed E-state index contributed by atoms with van der Waals surface area (Å²) < 4.78 is 13.7. The predicted octanol–water partition coefficient (Wildman–Crippen LogP) is 5.29. The molecule has 0 unspecified atom stereocenters. The summed E-state index contributed by atoms with van der Waals surface area (Å²) in [5.74, 6) is 0.458. The van der Waals surface area contributed by atoms with Crippen LogP contribution in [-0.4, -0.2) is 43.1 Å². The van der Waals surface area contributed by atoms with Crippen LogP contribution in [0.15, 0.2) is 76.1 Å². The Morgan fingerprint density at radius 1 is 1.00 bits per heavy atom. The van der Waals surface area contributed by atoms with Crippen molar-refractivity contribution in [3.05, 3.63) is 76.1 Å². The van der Waals surface area contributed by atoms with Crippen molar-refractivity contribution in [3.63, 3.8) is 0 Å². The van der Waals surface area contributed by atoms with Crippen LogP contribution < -0.4 is 15.3 Å². The van der Waals surface area contributed by atoms with Crippen molar-refractivity contribution in [2.75, 3.05) is 11.5 Å². The second-order valence-electron chi connectivity index (χ2n) is 9.32. The zero-order valence-electron chi connectivity index (χ0n) is 19.5. The summed E-state index contributed by atoms with van der Waals surface area (Å²) in [4.78, 5) is 23.0. The van der Waals surface area contributed by atoms with Crippen molar-refractivity contribution in [1.82, 2.24) is 9.97 Å². The number of nitrogens with zero attached hydrogens (tertiary/aromatic N) is 3. The molecule has 4 rings (SSSR count). The largest absolute Gasteiger partial charge is 0.444 e. The zero-order chi connectivity index (χ0) is 24.5. The lowest BCUT2D eigenvalue weighted by atomic mass is 10.2. The third-order valence-corrected chi connectivity index (χ3v) is 11.9. The molecule has 2 aromatic carbocycles. The molecular weight excluding hydrogens is 578 g/mol. The average molecular weight is 605 g/mol. The Balaban J connectivity index is 1.77. The molecule has 1 aliphatic heterocycles. The van der Waals surface area contributed by atoms with Gasteiger partial charge in [0.1, 0.15) is 22.6 Å². The molecule has 1 fully saturated rings. The SMILES string of the molecule is C[C@H]1OC(=O)N(c2cc(Br)nc(Br)n2)[C@H]1CO[Si](c1ccccc1)(c1ccccc1)C(C)(C)C. The topological polar surface area (TPSA) is 64.5 Å². The van der Waals surface area contributed by atoms with E-state index in [2.05, 4.69) is 111 Å². The number of aromatic nitrogens is 2. The summed E-state index contributed by atoms with van der Waals surface area (Å²) in [6, 6.07) is 22.3. The van der Waals surface area contributed by atoms with Gasteiger partial charge in [0.05, 0.1) is 6.61 Å². The fourth-order valence-electron chi connectivity index (χ4n) is 4.59. The molecule has 6 nitrogen and oxygen atoms in total. The molecule has 0 N–H and O–H groups in total. The van der Waals surface area contributed by atoms with E-state index in [0.29, 0.717) is 21.8 Å². The number of halogens is 2. The molecule has 2 heterocycles. The molecule has 1 saturated heterocycles. The van der Waals surface area contributed by atoms with Gasteiger partial charge in [-0.1, -0.05) is 81.4 Å². The normalized spacial score (nSPS) is 18.8. The minimum atomic E-state index is -2.77. The maximum absolute atomic E-state index is 12.8. The van der Waals surface area contributed by atoms with Crippen LogP contribution in [0.2, 0.25) is 5.04 Å². The van der Waals surface area contributed by atoms with E-state index in [1.807, 2.05) is 19.1 Å². The quantitative estimate of drug-likeness (QED) is 0.217. The van der Waals surface area contributed by atoms with Gasteiger partial charge in [0, 0.05) is 6.07 Å². The maximum atomic E-state index is 12.8. The van der Waals surface area contributed by atoms with Crippen LogP contribution in [0.25, 0.3) is 0 Å². The van der Waals surface area contributed by atoms with Gasteiger partial charge in [0.25, 0.3) is 8.32 Å². The molecular formula is C25H27Br2N3O3Si. The number of cyclic esters (lactones) is 1. The van der Waals surface area contributed by atoms with E-state index >= 15 is 0 Å². The number of carbonyl (C=O) groups is 1. The van der Waals surface area contributed by atoms with Gasteiger partial charge in [-0.2, -0.15) is 0 Å². The Hall–Kier alpha value is -2.07. The van der Waals surface area contributed by atoms with E-state index in [0.717, 1.165) is 0 Å². The Kier molecular flexibility index (Phi) is 7.28. The van der Waals surface area contributed by atoms with Crippen LogP contribution in [0.3, 0.4) is 0 Å². The minimum absolute atomic E-state index is 0.172. The van der Waals surface area contributed by atoms with Crippen LogP contribution in [0, 0.1) is 0 Å². The summed E-state index contributed by atoms with van der Waals surface area (Å²) in [5, 5.41) is 2.20. The molecule has 3 aromatic rings. The Labute approximate surface area is 218 Å². The highest BCUT2D eigenvalue weighted by molar-refractivity contribution is 9.11. The summed E-state index contributed by atoms with van der Waals surface area (Å²) in [7, 11) is -2.77. The number of benzene rings is 2. The van der Waals surface area contributed by atoms with Crippen molar-refractivity contribution < 1.29 is 14.0 Å². The average Bonchev–Trinajstić information content (AvgIpc) is 3.07. The van der Waals surface area contributed by atoms with Crippen LogP contribution in [0.1, 0.15) is 27.7 Å². The van der Waals surface area contributed by atoms with Crippen molar-refractivity contribution in [3.8, 4) is 0 Å². The minimum Gasteiger partial charge on any atom is -0.444 e.